The first-order chi connectivity index (χ1) is 8.72. The summed E-state index contributed by atoms with van der Waals surface area (Å²) in [5.41, 5.74) is -1.18. The van der Waals surface area contributed by atoms with Gasteiger partial charge in [0.2, 0.25) is 0 Å². The minimum absolute atomic E-state index is 0.384. The lowest BCUT2D eigenvalue weighted by molar-refractivity contribution is -0.215. The highest BCUT2D eigenvalue weighted by Gasteiger charge is 2.50. The Morgan fingerprint density at radius 1 is 1.63 bits per heavy atom. The van der Waals surface area contributed by atoms with Gasteiger partial charge in [0.25, 0.3) is 0 Å². The van der Waals surface area contributed by atoms with Gasteiger partial charge >= 0.3 is 12.1 Å². The van der Waals surface area contributed by atoms with Crippen LogP contribution in [0.15, 0.2) is 16.9 Å². The van der Waals surface area contributed by atoms with Crippen LogP contribution in [0.1, 0.15) is 32.2 Å². The molecule has 19 heavy (non-hydrogen) atoms. The molecule has 1 heterocycles. The minimum Gasteiger partial charge on any atom is -0.450 e. The van der Waals surface area contributed by atoms with Crippen molar-refractivity contribution in [1.29, 1.82) is 0 Å². The Kier molecular flexibility index (Phi) is 3.63. The van der Waals surface area contributed by atoms with Crippen LogP contribution in [0.25, 0.3) is 0 Å². The number of alkyl halides is 3. The number of ether oxygens (including phenoxy) is 1. The first-order valence-corrected chi connectivity index (χ1v) is 6.51. The number of hydrogen-bond donors (Lipinski definition) is 0. The van der Waals surface area contributed by atoms with E-state index >= 15 is 0 Å². The highest BCUT2D eigenvalue weighted by molar-refractivity contribution is 9.10. The SMILES string of the molecule is CC1(OC(=O)C(F)(F)F)CCCC1n1cc(Br)cn1. The van der Waals surface area contributed by atoms with E-state index in [1.807, 2.05) is 0 Å². The average molecular weight is 341 g/mol. The third kappa shape index (κ3) is 2.93. The van der Waals surface area contributed by atoms with E-state index in [4.69, 9.17) is 4.74 Å². The van der Waals surface area contributed by atoms with Crippen LogP contribution in [0, 0.1) is 0 Å². The van der Waals surface area contributed by atoms with Crippen LogP contribution in [0.4, 0.5) is 13.2 Å². The Morgan fingerprint density at radius 3 is 2.84 bits per heavy atom. The van der Waals surface area contributed by atoms with Gasteiger partial charge in [-0.05, 0) is 42.1 Å². The normalized spacial score (nSPS) is 27.5. The predicted molar refractivity (Wildman–Crippen MR) is 63.4 cm³/mol. The summed E-state index contributed by atoms with van der Waals surface area (Å²) >= 11 is 3.23. The number of rotatable bonds is 2. The van der Waals surface area contributed by atoms with Crippen molar-refractivity contribution in [3.05, 3.63) is 16.9 Å². The van der Waals surface area contributed by atoms with Crippen molar-refractivity contribution in [2.75, 3.05) is 0 Å². The van der Waals surface area contributed by atoms with Crippen molar-refractivity contribution < 1.29 is 22.7 Å². The lowest BCUT2D eigenvalue weighted by Crippen LogP contribution is -2.41. The van der Waals surface area contributed by atoms with Gasteiger partial charge in [0, 0.05) is 6.20 Å². The number of carbonyl (C=O) groups excluding carboxylic acids is 1. The van der Waals surface area contributed by atoms with E-state index in [-0.39, 0.29) is 6.04 Å². The second-order valence-corrected chi connectivity index (χ2v) is 5.66. The van der Waals surface area contributed by atoms with Crippen LogP contribution in [0.2, 0.25) is 0 Å². The Hall–Kier alpha value is -1.05. The van der Waals surface area contributed by atoms with Crippen molar-refractivity contribution in [2.24, 2.45) is 0 Å². The van der Waals surface area contributed by atoms with Gasteiger partial charge in [-0.3, -0.25) is 4.68 Å². The molecule has 4 nitrogen and oxygen atoms in total. The van der Waals surface area contributed by atoms with Crippen molar-refractivity contribution in [1.82, 2.24) is 9.78 Å². The molecule has 1 aliphatic carbocycles. The zero-order valence-corrected chi connectivity index (χ0v) is 11.7. The fourth-order valence-electron chi connectivity index (χ4n) is 2.40. The van der Waals surface area contributed by atoms with E-state index in [0.717, 1.165) is 4.47 Å². The maximum Gasteiger partial charge on any atom is 0.490 e. The molecule has 0 N–H and O–H groups in total. The maximum atomic E-state index is 12.3. The number of nitrogens with zero attached hydrogens (tertiary/aromatic N) is 2. The summed E-state index contributed by atoms with van der Waals surface area (Å²) in [7, 11) is 0. The molecule has 0 saturated heterocycles. The maximum absolute atomic E-state index is 12.3. The van der Waals surface area contributed by atoms with Gasteiger partial charge in [-0.25, -0.2) is 4.79 Å². The molecule has 0 radical (unpaired) electrons. The van der Waals surface area contributed by atoms with E-state index < -0.39 is 17.7 Å². The molecule has 1 saturated carbocycles. The zero-order valence-electron chi connectivity index (χ0n) is 10.1. The van der Waals surface area contributed by atoms with Gasteiger partial charge in [0.1, 0.15) is 5.60 Å². The number of hydrogen-bond acceptors (Lipinski definition) is 3. The Labute approximate surface area is 116 Å². The van der Waals surface area contributed by atoms with Gasteiger partial charge < -0.3 is 4.74 Å². The van der Waals surface area contributed by atoms with E-state index in [1.54, 1.807) is 17.1 Å². The minimum atomic E-state index is -4.97. The monoisotopic (exact) mass is 340 g/mol. The molecular weight excluding hydrogens is 329 g/mol. The van der Waals surface area contributed by atoms with E-state index in [9.17, 15) is 18.0 Å². The molecular formula is C11H12BrF3N2O2. The van der Waals surface area contributed by atoms with Gasteiger partial charge in [0.15, 0.2) is 0 Å². The lowest BCUT2D eigenvalue weighted by atomic mass is 10.0. The lowest BCUT2D eigenvalue weighted by Gasteiger charge is -2.31. The molecule has 0 aliphatic heterocycles. The molecule has 1 aromatic rings. The number of aromatic nitrogens is 2. The largest absolute Gasteiger partial charge is 0.490 e. The summed E-state index contributed by atoms with van der Waals surface area (Å²) in [5.74, 6) is -2.15. The Balaban J connectivity index is 2.19. The topological polar surface area (TPSA) is 44.1 Å². The molecule has 1 aromatic heterocycles. The third-order valence-corrected chi connectivity index (χ3v) is 3.71. The molecule has 0 aromatic carbocycles. The number of carbonyl (C=O) groups is 1. The molecule has 106 valence electrons. The zero-order chi connectivity index (χ0) is 14.3. The molecule has 8 heteroatoms. The molecule has 1 fully saturated rings. The van der Waals surface area contributed by atoms with Crippen molar-refractivity contribution in [3.8, 4) is 0 Å². The first kappa shape index (κ1) is 14.4. The second kappa shape index (κ2) is 4.81. The van der Waals surface area contributed by atoms with Crippen molar-refractivity contribution >= 4 is 21.9 Å². The van der Waals surface area contributed by atoms with Crippen LogP contribution in [-0.2, 0) is 9.53 Å². The summed E-state index contributed by atoms with van der Waals surface area (Å²) in [6, 6.07) is -0.384. The molecule has 0 bridgehead atoms. The van der Waals surface area contributed by atoms with Gasteiger partial charge in [-0.1, -0.05) is 0 Å². The fraction of sp³-hybridized carbons (Fsp3) is 0.636. The van der Waals surface area contributed by atoms with Crippen LogP contribution in [-0.4, -0.2) is 27.5 Å². The highest BCUT2D eigenvalue weighted by Crippen LogP contribution is 2.43. The predicted octanol–water partition coefficient (Wildman–Crippen LogP) is 3.23. The van der Waals surface area contributed by atoms with Crippen LogP contribution < -0.4 is 0 Å². The van der Waals surface area contributed by atoms with Crippen LogP contribution in [0.3, 0.4) is 0 Å². The molecule has 0 spiro atoms. The summed E-state index contributed by atoms with van der Waals surface area (Å²) < 4.78 is 43.9. The molecule has 2 unspecified atom stereocenters. The van der Waals surface area contributed by atoms with Crippen LogP contribution >= 0.6 is 15.9 Å². The van der Waals surface area contributed by atoms with Crippen LogP contribution in [0.5, 0.6) is 0 Å². The van der Waals surface area contributed by atoms with E-state index in [0.29, 0.717) is 19.3 Å². The number of halogens is 4. The highest BCUT2D eigenvalue weighted by atomic mass is 79.9. The third-order valence-electron chi connectivity index (χ3n) is 3.30. The summed E-state index contributed by atoms with van der Waals surface area (Å²) in [4.78, 5) is 11.0. The summed E-state index contributed by atoms with van der Waals surface area (Å²) in [6.45, 7) is 1.52. The van der Waals surface area contributed by atoms with Gasteiger partial charge in [-0.15, -0.1) is 0 Å². The molecule has 2 atom stereocenters. The quantitative estimate of drug-likeness (QED) is 0.776. The molecule has 0 amide bonds. The summed E-state index contributed by atoms with van der Waals surface area (Å²) in [5, 5.41) is 4.06. The molecule has 2 rings (SSSR count). The van der Waals surface area contributed by atoms with Crippen molar-refractivity contribution in [3.63, 3.8) is 0 Å². The molecule has 1 aliphatic rings. The Bertz CT molecular complexity index is 489. The average Bonchev–Trinajstić information content (AvgIpc) is 2.83. The van der Waals surface area contributed by atoms with Gasteiger partial charge in [0.05, 0.1) is 16.7 Å². The summed E-state index contributed by atoms with van der Waals surface area (Å²) in [6.07, 6.45) is -0.0721. The smallest absolute Gasteiger partial charge is 0.450 e. The number of esters is 1. The first-order valence-electron chi connectivity index (χ1n) is 5.72. The fourth-order valence-corrected chi connectivity index (χ4v) is 2.71. The van der Waals surface area contributed by atoms with Crippen molar-refractivity contribution in [2.45, 2.75) is 44.0 Å². The Morgan fingerprint density at radius 2 is 2.32 bits per heavy atom. The van der Waals surface area contributed by atoms with Gasteiger partial charge in [-0.2, -0.15) is 18.3 Å². The second-order valence-electron chi connectivity index (χ2n) is 4.75. The standard InChI is InChI=1S/C11H12BrF3N2O2/c1-10(19-9(18)11(13,14)15)4-2-3-8(10)17-6-7(12)5-16-17/h5-6,8H,2-4H2,1H3. The van der Waals surface area contributed by atoms with E-state index in [2.05, 4.69) is 21.0 Å². The van der Waals surface area contributed by atoms with E-state index in [1.165, 1.54) is 6.92 Å².